The molecule has 18 heavy (non-hydrogen) atoms. The SMILES string of the molecule is CCn1ncc(C(C)N)c1-c1cccc(OC)c1. The van der Waals surface area contributed by atoms with Gasteiger partial charge in [0.25, 0.3) is 0 Å². The van der Waals surface area contributed by atoms with Gasteiger partial charge in [0.2, 0.25) is 0 Å². The summed E-state index contributed by atoms with van der Waals surface area (Å²) < 4.78 is 7.23. The minimum atomic E-state index is -0.0356. The van der Waals surface area contributed by atoms with Crippen LogP contribution >= 0.6 is 0 Å². The summed E-state index contributed by atoms with van der Waals surface area (Å²) in [5, 5.41) is 4.38. The number of rotatable bonds is 4. The van der Waals surface area contributed by atoms with Gasteiger partial charge in [-0.1, -0.05) is 12.1 Å². The molecule has 0 fully saturated rings. The van der Waals surface area contributed by atoms with Crippen LogP contribution in [0.4, 0.5) is 0 Å². The molecule has 0 saturated heterocycles. The Labute approximate surface area is 107 Å². The number of hydrogen-bond donors (Lipinski definition) is 1. The van der Waals surface area contributed by atoms with Crippen molar-refractivity contribution in [1.82, 2.24) is 9.78 Å². The Morgan fingerprint density at radius 3 is 2.83 bits per heavy atom. The van der Waals surface area contributed by atoms with Crippen LogP contribution in [0.25, 0.3) is 11.3 Å². The third-order valence-electron chi connectivity index (χ3n) is 3.00. The average Bonchev–Trinajstić information content (AvgIpc) is 2.82. The molecule has 1 unspecified atom stereocenters. The van der Waals surface area contributed by atoms with Crippen molar-refractivity contribution in [1.29, 1.82) is 0 Å². The number of benzene rings is 1. The van der Waals surface area contributed by atoms with E-state index < -0.39 is 0 Å². The zero-order valence-corrected chi connectivity index (χ0v) is 11.1. The first-order chi connectivity index (χ1) is 8.67. The van der Waals surface area contributed by atoms with Crippen LogP contribution in [0.15, 0.2) is 30.5 Å². The highest BCUT2D eigenvalue weighted by atomic mass is 16.5. The van der Waals surface area contributed by atoms with Crippen LogP contribution in [-0.2, 0) is 6.54 Å². The lowest BCUT2D eigenvalue weighted by Gasteiger charge is -2.11. The molecule has 4 nitrogen and oxygen atoms in total. The van der Waals surface area contributed by atoms with Crippen LogP contribution in [0.3, 0.4) is 0 Å². The number of methoxy groups -OCH3 is 1. The summed E-state index contributed by atoms with van der Waals surface area (Å²) in [4.78, 5) is 0. The minimum absolute atomic E-state index is 0.0356. The van der Waals surface area contributed by atoms with Crippen molar-refractivity contribution < 1.29 is 4.74 Å². The zero-order valence-electron chi connectivity index (χ0n) is 11.1. The first-order valence-corrected chi connectivity index (χ1v) is 6.13. The second kappa shape index (κ2) is 5.23. The molecule has 0 amide bonds. The summed E-state index contributed by atoms with van der Waals surface area (Å²) in [7, 11) is 1.67. The molecule has 2 rings (SSSR count). The quantitative estimate of drug-likeness (QED) is 0.900. The van der Waals surface area contributed by atoms with Crippen molar-refractivity contribution in [2.45, 2.75) is 26.4 Å². The maximum Gasteiger partial charge on any atom is 0.119 e. The lowest BCUT2D eigenvalue weighted by atomic mass is 10.0. The van der Waals surface area contributed by atoms with E-state index in [9.17, 15) is 0 Å². The van der Waals surface area contributed by atoms with Crippen LogP contribution in [0, 0.1) is 0 Å². The van der Waals surface area contributed by atoms with Crippen molar-refractivity contribution in [3.8, 4) is 17.0 Å². The standard InChI is InChI=1S/C14H19N3O/c1-4-17-14(13(9-16-17)10(2)15)11-6-5-7-12(8-11)18-3/h5-10H,4,15H2,1-3H3. The Balaban J connectivity index is 2.57. The molecular weight excluding hydrogens is 226 g/mol. The van der Waals surface area contributed by atoms with Gasteiger partial charge in [-0.25, -0.2) is 0 Å². The summed E-state index contributed by atoms with van der Waals surface area (Å²) in [5.41, 5.74) is 9.23. The van der Waals surface area contributed by atoms with Gasteiger partial charge in [-0.3, -0.25) is 4.68 Å². The first-order valence-electron chi connectivity index (χ1n) is 6.13. The van der Waals surface area contributed by atoms with Crippen molar-refractivity contribution in [2.24, 2.45) is 5.73 Å². The van der Waals surface area contributed by atoms with Gasteiger partial charge in [0, 0.05) is 23.7 Å². The highest BCUT2D eigenvalue weighted by Crippen LogP contribution is 2.29. The summed E-state index contributed by atoms with van der Waals surface area (Å²) in [6, 6.07) is 7.94. The van der Waals surface area contributed by atoms with Gasteiger partial charge in [0.1, 0.15) is 5.75 Å². The molecule has 0 aliphatic heterocycles. The monoisotopic (exact) mass is 245 g/mol. The largest absolute Gasteiger partial charge is 0.497 e. The zero-order chi connectivity index (χ0) is 13.1. The Morgan fingerprint density at radius 2 is 2.22 bits per heavy atom. The van der Waals surface area contributed by atoms with Crippen molar-refractivity contribution >= 4 is 0 Å². The Morgan fingerprint density at radius 1 is 1.44 bits per heavy atom. The normalized spacial score (nSPS) is 12.4. The van der Waals surface area contributed by atoms with E-state index in [0.29, 0.717) is 0 Å². The van der Waals surface area contributed by atoms with E-state index in [1.807, 2.05) is 36.0 Å². The van der Waals surface area contributed by atoms with E-state index in [0.717, 1.165) is 29.1 Å². The molecule has 96 valence electrons. The number of hydrogen-bond acceptors (Lipinski definition) is 3. The molecule has 4 heteroatoms. The summed E-state index contributed by atoms with van der Waals surface area (Å²) in [6.45, 7) is 4.86. The number of nitrogens with two attached hydrogens (primary N) is 1. The lowest BCUT2D eigenvalue weighted by molar-refractivity contribution is 0.415. The second-order valence-corrected chi connectivity index (χ2v) is 4.28. The van der Waals surface area contributed by atoms with Crippen molar-refractivity contribution in [3.05, 3.63) is 36.0 Å². The highest BCUT2D eigenvalue weighted by molar-refractivity contribution is 5.65. The van der Waals surface area contributed by atoms with E-state index in [1.54, 1.807) is 7.11 Å². The molecule has 0 saturated carbocycles. The average molecular weight is 245 g/mol. The molecule has 1 heterocycles. The molecular formula is C14H19N3O. The van der Waals surface area contributed by atoms with Gasteiger partial charge in [0.05, 0.1) is 19.0 Å². The van der Waals surface area contributed by atoms with Crippen LogP contribution < -0.4 is 10.5 Å². The van der Waals surface area contributed by atoms with Gasteiger partial charge in [0.15, 0.2) is 0 Å². The minimum Gasteiger partial charge on any atom is -0.497 e. The van der Waals surface area contributed by atoms with Gasteiger partial charge in [-0.15, -0.1) is 0 Å². The molecule has 0 bridgehead atoms. The van der Waals surface area contributed by atoms with Gasteiger partial charge in [-0.2, -0.15) is 5.10 Å². The predicted molar refractivity (Wildman–Crippen MR) is 72.5 cm³/mol. The first kappa shape index (κ1) is 12.6. The fourth-order valence-corrected chi connectivity index (χ4v) is 2.06. The fraction of sp³-hybridized carbons (Fsp3) is 0.357. The molecule has 1 aromatic carbocycles. The molecule has 2 N–H and O–H groups in total. The van der Waals surface area contributed by atoms with E-state index in [2.05, 4.69) is 18.1 Å². The Bertz CT molecular complexity index is 532. The van der Waals surface area contributed by atoms with E-state index in [1.165, 1.54) is 0 Å². The third-order valence-corrected chi connectivity index (χ3v) is 3.00. The van der Waals surface area contributed by atoms with Crippen LogP contribution in [0.1, 0.15) is 25.5 Å². The van der Waals surface area contributed by atoms with Crippen molar-refractivity contribution in [2.75, 3.05) is 7.11 Å². The van der Waals surface area contributed by atoms with Gasteiger partial charge in [-0.05, 0) is 26.0 Å². The number of aryl methyl sites for hydroxylation is 1. The van der Waals surface area contributed by atoms with E-state index in [-0.39, 0.29) is 6.04 Å². The van der Waals surface area contributed by atoms with Crippen LogP contribution in [-0.4, -0.2) is 16.9 Å². The fourth-order valence-electron chi connectivity index (χ4n) is 2.06. The molecule has 1 aromatic heterocycles. The molecule has 0 aliphatic rings. The van der Waals surface area contributed by atoms with Crippen LogP contribution in [0.5, 0.6) is 5.75 Å². The Kier molecular flexibility index (Phi) is 3.67. The molecule has 0 aliphatic carbocycles. The molecule has 0 radical (unpaired) electrons. The predicted octanol–water partition coefficient (Wildman–Crippen LogP) is 2.60. The smallest absolute Gasteiger partial charge is 0.119 e. The number of ether oxygens (including phenoxy) is 1. The van der Waals surface area contributed by atoms with Gasteiger partial charge >= 0.3 is 0 Å². The highest BCUT2D eigenvalue weighted by Gasteiger charge is 2.15. The summed E-state index contributed by atoms with van der Waals surface area (Å²) in [5.74, 6) is 0.840. The molecule has 0 spiro atoms. The second-order valence-electron chi connectivity index (χ2n) is 4.28. The summed E-state index contributed by atoms with van der Waals surface area (Å²) in [6.07, 6.45) is 1.85. The van der Waals surface area contributed by atoms with E-state index in [4.69, 9.17) is 10.5 Å². The van der Waals surface area contributed by atoms with Gasteiger partial charge < -0.3 is 10.5 Å². The number of nitrogens with zero attached hydrogens (tertiary/aromatic N) is 2. The lowest BCUT2D eigenvalue weighted by Crippen LogP contribution is -2.07. The van der Waals surface area contributed by atoms with E-state index >= 15 is 0 Å². The van der Waals surface area contributed by atoms with Crippen molar-refractivity contribution in [3.63, 3.8) is 0 Å². The number of aromatic nitrogens is 2. The summed E-state index contributed by atoms with van der Waals surface area (Å²) >= 11 is 0. The molecule has 1 atom stereocenters. The maximum absolute atomic E-state index is 6.01. The third kappa shape index (κ3) is 2.24. The van der Waals surface area contributed by atoms with Crippen LogP contribution in [0.2, 0.25) is 0 Å². The maximum atomic E-state index is 6.01. The topological polar surface area (TPSA) is 53.1 Å². The Hall–Kier alpha value is -1.81. The molecule has 2 aromatic rings.